The van der Waals surface area contributed by atoms with Gasteiger partial charge in [-0.1, -0.05) is 41.7 Å². The summed E-state index contributed by atoms with van der Waals surface area (Å²) in [6.07, 6.45) is 0. The summed E-state index contributed by atoms with van der Waals surface area (Å²) in [5.74, 6) is -0.290. The minimum Gasteiger partial charge on any atom is -0.236 e. The van der Waals surface area contributed by atoms with Gasteiger partial charge in [-0.05, 0) is 6.92 Å². The normalized spacial score (nSPS) is 10.8. The van der Waals surface area contributed by atoms with Crippen molar-refractivity contribution >= 4 is 33.0 Å². The van der Waals surface area contributed by atoms with Crippen molar-refractivity contribution in [3.05, 3.63) is 41.2 Å². The van der Waals surface area contributed by atoms with E-state index < -0.39 is 5.92 Å². The molecule has 0 amide bonds. The smallest absolute Gasteiger partial charge is 0.236 e. The van der Waals surface area contributed by atoms with E-state index in [1.54, 1.807) is 6.92 Å². The summed E-state index contributed by atoms with van der Waals surface area (Å²) >= 11 is 2.33. The third kappa shape index (κ3) is 3.33. The van der Waals surface area contributed by atoms with Crippen LogP contribution in [0.25, 0.3) is 11.3 Å². The van der Waals surface area contributed by atoms with Crippen molar-refractivity contribution in [3.8, 4) is 23.4 Å². The van der Waals surface area contributed by atoms with Gasteiger partial charge in [-0.15, -0.1) is 10.2 Å². The lowest BCUT2D eigenvalue weighted by molar-refractivity contribution is 1.07. The summed E-state index contributed by atoms with van der Waals surface area (Å²) in [4.78, 5) is 8.56. The summed E-state index contributed by atoms with van der Waals surface area (Å²) in [6.45, 7) is 1.78. The molecule has 1 aromatic carbocycles. The van der Waals surface area contributed by atoms with Crippen molar-refractivity contribution < 1.29 is 0 Å². The summed E-state index contributed by atoms with van der Waals surface area (Å²) in [7, 11) is 0. The van der Waals surface area contributed by atoms with Crippen LogP contribution in [-0.4, -0.2) is 14.3 Å². The lowest BCUT2D eigenvalue weighted by atomic mass is 10.1. The van der Waals surface area contributed by atoms with Crippen molar-refractivity contribution in [2.24, 2.45) is 10.2 Å². The van der Waals surface area contributed by atoms with Crippen LogP contribution in [-0.2, 0) is 0 Å². The maximum absolute atomic E-state index is 9.08. The molecule has 9 heteroatoms. The molecule has 0 spiro atoms. The van der Waals surface area contributed by atoms with Gasteiger partial charge in [0.25, 0.3) is 0 Å². The standard InChI is InChI=1S/C15H9N7S2/c1-9-18-15(24-22-9)21-20-14-12(10-5-3-2-4-6-10)19-13(23-14)11(7-16)8-17/h2-6,11H,1H3/b21-20+. The molecular formula is C15H9N7S2. The Morgan fingerprint density at radius 2 is 1.83 bits per heavy atom. The van der Waals surface area contributed by atoms with Crippen LogP contribution in [0, 0.1) is 29.6 Å². The molecular weight excluding hydrogens is 342 g/mol. The number of rotatable bonds is 4. The Labute approximate surface area is 145 Å². The van der Waals surface area contributed by atoms with Crippen LogP contribution in [0.15, 0.2) is 40.6 Å². The fourth-order valence-electron chi connectivity index (χ4n) is 1.86. The second-order valence-corrected chi connectivity index (χ2v) is 6.33. The second kappa shape index (κ2) is 7.04. The van der Waals surface area contributed by atoms with Crippen LogP contribution < -0.4 is 0 Å². The van der Waals surface area contributed by atoms with E-state index in [0.717, 1.165) is 17.1 Å². The zero-order valence-electron chi connectivity index (χ0n) is 12.4. The summed E-state index contributed by atoms with van der Waals surface area (Å²) < 4.78 is 4.05. The largest absolute Gasteiger partial charge is 0.249 e. The van der Waals surface area contributed by atoms with Crippen LogP contribution in [0.1, 0.15) is 16.7 Å². The molecule has 0 saturated heterocycles. The molecule has 0 aliphatic carbocycles. The minimum absolute atomic E-state index is 0.404. The fraction of sp³-hybridized carbons (Fsp3) is 0.133. The van der Waals surface area contributed by atoms with Gasteiger partial charge in [-0.25, -0.2) is 9.97 Å². The first-order valence-electron chi connectivity index (χ1n) is 6.78. The number of hydrogen-bond acceptors (Lipinski definition) is 9. The molecule has 0 radical (unpaired) electrons. The molecule has 24 heavy (non-hydrogen) atoms. The van der Waals surface area contributed by atoms with E-state index in [4.69, 9.17) is 10.5 Å². The molecule has 0 saturated carbocycles. The Bertz CT molecular complexity index is 946. The molecule has 0 unspecified atom stereocenters. The van der Waals surface area contributed by atoms with E-state index in [0.29, 0.717) is 26.7 Å². The lowest BCUT2D eigenvalue weighted by Crippen LogP contribution is -1.90. The molecule has 0 bridgehead atoms. The summed E-state index contributed by atoms with van der Waals surface area (Å²) in [5.41, 5.74) is 1.44. The molecule has 116 valence electrons. The van der Waals surface area contributed by atoms with E-state index in [1.165, 1.54) is 11.3 Å². The van der Waals surface area contributed by atoms with Gasteiger partial charge in [0.2, 0.25) is 5.13 Å². The highest BCUT2D eigenvalue weighted by Crippen LogP contribution is 2.39. The number of aryl methyl sites for hydroxylation is 1. The van der Waals surface area contributed by atoms with E-state index in [9.17, 15) is 0 Å². The Balaban J connectivity index is 2.04. The van der Waals surface area contributed by atoms with Gasteiger partial charge in [0.15, 0.2) is 10.9 Å². The maximum atomic E-state index is 9.08. The molecule has 0 N–H and O–H groups in total. The summed E-state index contributed by atoms with van der Waals surface area (Å²) in [5, 5.41) is 27.8. The molecule has 0 aliphatic heterocycles. The van der Waals surface area contributed by atoms with E-state index in [1.807, 2.05) is 42.5 Å². The average Bonchev–Trinajstić information content (AvgIpc) is 3.21. The Morgan fingerprint density at radius 3 is 2.46 bits per heavy atom. The number of nitrogens with zero attached hydrogens (tertiary/aromatic N) is 7. The molecule has 7 nitrogen and oxygen atoms in total. The average molecular weight is 351 g/mol. The van der Waals surface area contributed by atoms with Crippen molar-refractivity contribution in [1.82, 2.24) is 14.3 Å². The van der Waals surface area contributed by atoms with Crippen molar-refractivity contribution in [1.29, 1.82) is 10.5 Å². The predicted octanol–water partition coefficient (Wildman–Crippen LogP) is 4.52. The van der Waals surface area contributed by atoms with Gasteiger partial charge in [-0.2, -0.15) is 14.9 Å². The van der Waals surface area contributed by atoms with E-state index >= 15 is 0 Å². The number of aromatic nitrogens is 3. The SMILES string of the molecule is Cc1nsc(/N=N/c2sc(C(C#N)C#N)nc2-c2ccccc2)n1. The lowest BCUT2D eigenvalue weighted by Gasteiger charge is -1.96. The predicted molar refractivity (Wildman–Crippen MR) is 90.3 cm³/mol. The van der Waals surface area contributed by atoms with E-state index in [-0.39, 0.29) is 0 Å². The van der Waals surface area contributed by atoms with Crippen LogP contribution in [0.3, 0.4) is 0 Å². The second-order valence-electron chi connectivity index (χ2n) is 4.59. The fourth-order valence-corrected chi connectivity index (χ4v) is 3.26. The maximum Gasteiger partial charge on any atom is 0.249 e. The number of nitriles is 2. The van der Waals surface area contributed by atoms with Gasteiger partial charge >= 0.3 is 0 Å². The van der Waals surface area contributed by atoms with Crippen LogP contribution in [0.2, 0.25) is 0 Å². The first-order chi connectivity index (χ1) is 11.7. The van der Waals surface area contributed by atoms with Gasteiger partial charge in [0.1, 0.15) is 16.5 Å². The zero-order chi connectivity index (χ0) is 16.9. The zero-order valence-corrected chi connectivity index (χ0v) is 14.0. The Morgan fingerprint density at radius 1 is 1.08 bits per heavy atom. The Hall–Kier alpha value is -3.01. The topological polar surface area (TPSA) is 111 Å². The Kier molecular flexibility index (Phi) is 4.66. The van der Waals surface area contributed by atoms with Crippen LogP contribution in [0.4, 0.5) is 10.1 Å². The molecule has 2 heterocycles. The van der Waals surface area contributed by atoms with Gasteiger partial charge in [0, 0.05) is 17.1 Å². The molecule has 0 aliphatic rings. The first-order valence-corrected chi connectivity index (χ1v) is 8.37. The van der Waals surface area contributed by atoms with Crippen molar-refractivity contribution in [2.45, 2.75) is 12.8 Å². The molecule has 2 aromatic heterocycles. The van der Waals surface area contributed by atoms with Crippen LogP contribution in [0.5, 0.6) is 0 Å². The number of benzene rings is 1. The summed E-state index contributed by atoms with van der Waals surface area (Å²) in [6, 6.07) is 13.3. The number of thiazole rings is 1. The minimum atomic E-state index is -0.926. The highest BCUT2D eigenvalue weighted by Gasteiger charge is 2.19. The third-order valence-corrected chi connectivity index (χ3v) is 4.62. The highest BCUT2D eigenvalue weighted by molar-refractivity contribution is 7.16. The van der Waals surface area contributed by atoms with Gasteiger partial charge in [-0.3, -0.25) is 0 Å². The molecule has 0 fully saturated rings. The van der Waals surface area contributed by atoms with Crippen molar-refractivity contribution in [3.63, 3.8) is 0 Å². The molecule has 3 rings (SSSR count). The monoisotopic (exact) mass is 351 g/mol. The number of hydrogen-bond donors (Lipinski definition) is 0. The van der Waals surface area contributed by atoms with Crippen molar-refractivity contribution in [2.75, 3.05) is 0 Å². The molecule has 3 aromatic rings. The third-order valence-electron chi connectivity index (χ3n) is 2.92. The first kappa shape index (κ1) is 15.9. The van der Waals surface area contributed by atoms with E-state index in [2.05, 4.69) is 24.6 Å². The highest BCUT2D eigenvalue weighted by atomic mass is 32.1. The van der Waals surface area contributed by atoms with Crippen LogP contribution >= 0.6 is 22.9 Å². The molecule has 0 atom stereocenters. The quantitative estimate of drug-likeness (QED) is 0.642. The van der Waals surface area contributed by atoms with Gasteiger partial charge in [0.05, 0.1) is 12.1 Å². The number of azo groups is 1. The van der Waals surface area contributed by atoms with Gasteiger partial charge < -0.3 is 0 Å².